The van der Waals surface area contributed by atoms with Crippen LogP contribution in [0.1, 0.15) is 70.3 Å². The second-order valence-corrected chi connectivity index (χ2v) is 12.3. The molecule has 3 heterocycles. The van der Waals surface area contributed by atoms with Gasteiger partial charge in [-0.3, -0.25) is 24.2 Å². The average Bonchev–Trinajstić information content (AvgIpc) is 3.62. The van der Waals surface area contributed by atoms with Crippen molar-refractivity contribution >= 4 is 33.2 Å². The number of amides is 1. The van der Waals surface area contributed by atoms with Crippen LogP contribution in [0.3, 0.4) is 0 Å². The molecule has 12 nitrogen and oxygen atoms in total. The topological polar surface area (TPSA) is 150 Å². The van der Waals surface area contributed by atoms with Gasteiger partial charge in [-0.1, -0.05) is 56.4 Å². The number of ketones is 1. The van der Waals surface area contributed by atoms with Crippen molar-refractivity contribution in [1.82, 2.24) is 29.6 Å². The number of fused-ring (bicyclic) bond motifs is 1. The zero-order valence-electron chi connectivity index (χ0n) is 25.3. The zero-order chi connectivity index (χ0) is 31.5. The Bertz CT molecular complexity index is 1730. The summed E-state index contributed by atoms with van der Waals surface area (Å²) < 4.78 is 8.74. The first-order valence-electron chi connectivity index (χ1n) is 14.2. The van der Waals surface area contributed by atoms with Crippen LogP contribution in [-0.4, -0.2) is 47.6 Å². The van der Waals surface area contributed by atoms with Crippen molar-refractivity contribution in [1.29, 1.82) is 0 Å². The molecule has 0 fully saturated rings. The number of carbonyl (C=O) groups excluding carboxylic acids is 2. The first-order chi connectivity index (χ1) is 20.4. The Morgan fingerprint density at radius 3 is 2.44 bits per heavy atom. The number of ether oxygens (including phenoxy) is 1. The quantitative estimate of drug-likeness (QED) is 0.172. The molecule has 0 bridgehead atoms. The summed E-state index contributed by atoms with van der Waals surface area (Å²) in [7, 11) is 0. The van der Waals surface area contributed by atoms with E-state index in [1.807, 2.05) is 45.0 Å². The minimum Gasteiger partial charge on any atom is -0.371 e. The number of hydroxylamine groups is 1. The van der Waals surface area contributed by atoms with Gasteiger partial charge in [-0.25, -0.2) is 14.8 Å². The third kappa shape index (κ3) is 6.38. The maximum Gasteiger partial charge on any atom is 0.333 e. The predicted octanol–water partition coefficient (Wildman–Crippen LogP) is 3.68. The minimum absolute atomic E-state index is 0.00620. The molecule has 0 aliphatic heterocycles. The van der Waals surface area contributed by atoms with Crippen molar-refractivity contribution in [3.63, 3.8) is 0 Å². The maximum atomic E-state index is 14.4. The molecule has 1 amide bonds. The second-order valence-electron chi connectivity index (χ2n) is 11.3. The molecule has 4 rings (SSSR count). The Kier molecular flexibility index (Phi) is 9.78. The van der Waals surface area contributed by atoms with Gasteiger partial charge in [0.05, 0.1) is 37.4 Å². The van der Waals surface area contributed by atoms with Gasteiger partial charge in [0, 0.05) is 12.0 Å². The number of Topliss-reactive ketones (excluding diaryl/α,β-unsaturated/α-hetero) is 1. The van der Waals surface area contributed by atoms with Gasteiger partial charge in [0.1, 0.15) is 21.5 Å². The summed E-state index contributed by atoms with van der Waals surface area (Å²) in [4.78, 5) is 55.5. The molecule has 3 aromatic heterocycles. The van der Waals surface area contributed by atoms with Crippen LogP contribution in [0, 0.1) is 12.8 Å². The summed E-state index contributed by atoms with van der Waals surface area (Å²) in [5.74, 6) is -0.798. The normalized spacial score (nSPS) is 12.7. The van der Waals surface area contributed by atoms with Crippen molar-refractivity contribution in [2.75, 3.05) is 6.61 Å². The summed E-state index contributed by atoms with van der Waals surface area (Å²) >= 11 is 1.20. The van der Waals surface area contributed by atoms with Crippen molar-refractivity contribution in [3.05, 3.63) is 74.2 Å². The van der Waals surface area contributed by atoms with E-state index in [0.29, 0.717) is 27.2 Å². The highest BCUT2D eigenvalue weighted by atomic mass is 32.1. The summed E-state index contributed by atoms with van der Waals surface area (Å²) in [6.07, 6.45) is 3.15. The highest BCUT2D eigenvalue weighted by Crippen LogP contribution is 2.33. The van der Waals surface area contributed by atoms with E-state index in [9.17, 15) is 19.2 Å². The van der Waals surface area contributed by atoms with Gasteiger partial charge in [0.15, 0.2) is 5.78 Å². The van der Waals surface area contributed by atoms with E-state index in [0.717, 1.165) is 15.7 Å². The Hall–Kier alpha value is -3.94. The fourth-order valence-electron chi connectivity index (χ4n) is 5.17. The standard InChI is InChI=1S/C30H38N6O6S/c1-7-20-10-8-9-11-21(20)22(42-15-12-24(38)33-41)17-34-28-25(19(4)27(43-28)36-31-13-14-32-36)26(39)35(29(34)40)30(5,6)23(37)16-18(2)3/h8-11,13-14,18,22,41H,7,12,15-17H2,1-6H3,(H,33,38)/t22-/m0/s1. The summed E-state index contributed by atoms with van der Waals surface area (Å²) in [5.41, 5.74) is 1.38. The third-order valence-corrected chi connectivity index (χ3v) is 8.81. The molecule has 43 heavy (non-hydrogen) atoms. The number of hydrogen-bond donors (Lipinski definition) is 2. The van der Waals surface area contributed by atoms with Crippen molar-refractivity contribution < 1.29 is 19.5 Å². The lowest BCUT2D eigenvalue weighted by molar-refractivity contribution is -0.131. The van der Waals surface area contributed by atoms with Gasteiger partial charge in [0.2, 0.25) is 5.91 Å². The molecule has 1 aromatic carbocycles. The van der Waals surface area contributed by atoms with Crippen LogP contribution in [0.4, 0.5) is 0 Å². The van der Waals surface area contributed by atoms with Crippen molar-refractivity contribution in [2.45, 2.75) is 79.0 Å². The Morgan fingerprint density at radius 1 is 1.14 bits per heavy atom. The Morgan fingerprint density at radius 2 is 1.81 bits per heavy atom. The summed E-state index contributed by atoms with van der Waals surface area (Å²) in [6.45, 7) is 10.8. The zero-order valence-corrected chi connectivity index (χ0v) is 26.1. The van der Waals surface area contributed by atoms with Crippen molar-refractivity contribution in [2.24, 2.45) is 5.92 Å². The predicted molar refractivity (Wildman–Crippen MR) is 163 cm³/mol. The van der Waals surface area contributed by atoms with Crippen LogP contribution in [0.2, 0.25) is 0 Å². The maximum absolute atomic E-state index is 14.4. The van der Waals surface area contributed by atoms with Crippen LogP contribution in [-0.2, 0) is 32.8 Å². The van der Waals surface area contributed by atoms with E-state index >= 15 is 0 Å². The number of benzene rings is 1. The number of aromatic nitrogens is 5. The molecule has 0 unspecified atom stereocenters. The average molecular weight is 611 g/mol. The van der Waals surface area contributed by atoms with Gasteiger partial charge in [0.25, 0.3) is 5.56 Å². The molecule has 13 heteroatoms. The highest BCUT2D eigenvalue weighted by Gasteiger charge is 2.36. The van der Waals surface area contributed by atoms with Crippen LogP contribution in [0.5, 0.6) is 0 Å². The van der Waals surface area contributed by atoms with Crippen LogP contribution in [0.25, 0.3) is 15.2 Å². The molecule has 0 spiro atoms. The van der Waals surface area contributed by atoms with Gasteiger partial charge in [-0.2, -0.15) is 10.2 Å². The smallest absolute Gasteiger partial charge is 0.333 e. The second kappa shape index (κ2) is 13.1. The molecule has 0 saturated heterocycles. The van der Waals surface area contributed by atoms with Gasteiger partial charge >= 0.3 is 5.69 Å². The number of nitrogens with one attached hydrogen (secondary N) is 1. The van der Waals surface area contributed by atoms with E-state index in [1.165, 1.54) is 33.1 Å². The molecule has 4 aromatic rings. The lowest BCUT2D eigenvalue weighted by atomic mass is 9.91. The lowest BCUT2D eigenvalue weighted by Crippen LogP contribution is -2.53. The van der Waals surface area contributed by atoms with Gasteiger partial charge in [-0.05, 0) is 44.2 Å². The highest BCUT2D eigenvalue weighted by molar-refractivity contribution is 7.21. The molecule has 1 atom stereocenters. The molecular weight excluding hydrogens is 572 g/mol. The SMILES string of the molecule is CCc1ccccc1[C@H](Cn1c(=O)n(C(C)(C)C(=O)CC(C)C)c(=O)c2c(C)c(-n3nccn3)sc21)OCCC(=O)NO. The van der Waals surface area contributed by atoms with E-state index in [-0.39, 0.29) is 37.7 Å². The number of rotatable bonds is 13. The van der Waals surface area contributed by atoms with Gasteiger partial charge in [-0.15, -0.1) is 4.80 Å². The first-order valence-corrected chi connectivity index (χ1v) is 15.1. The summed E-state index contributed by atoms with van der Waals surface area (Å²) in [5, 5.41) is 18.3. The first kappa shape index (κ1) is 32.0. The van der Waals surface area contributed by atoms with Crippen molar-refractivity contribution in [3.8, 4) is 5.00 Å². The number of thiophene rings is 1. The van der Waals surface area contributed by atoms with E-state index in [1.54, 1.807) is 26.3 Å². The fourth-order valence-corrected chi connectivity index (χ4v) is 6.39. The molecule has 0 radical (unpaired) electrons. The molecule has 2 N–H and O–H groups in total. The molecular formula is C30H38N6O6S. The number of nitrogens with zero attached hydrogens (tertiary/aromatic N) is 5. The fraction of sp³-hybridized carbons (Fsp3) is 0.467. The molecule has 0 saturated carbocycles. The van der Waals surface area contributed by atoms with E-state index in [4.69, 9.17) is 9.94 Å². The number of carbonyl (C=O) groups is 2. The largest absolute Gasteiger partial charge is 0.371 e. The third-order valence-electron chi connectivity index (χ3n) is 7.53. The lowest BCUT2D eigenvalue weighted by Gasteiger charge is -2.28. The number of aryl methyl sites for hydroxylation is 2. The minimum atomic E-state index is -1.43. The van der Waals surface area contributed by atoms with E-state index < -0.39 is 28.8 Å². The molecule has 0 aliphatic rings. The van der Waals surface area contributed by atoms with Crippen LogP contribution >= 0.6 is 11.3 Å². The summed E-state index contributed by atoms with van der Waals surface area (Å²) in [6, 6.07) is 7.66. The molecule has 0 aliphatic carbocycles. The number of hydrogen-bond acceptors (Lipinski definition) is 9. The van der Waals surface area contributed by atoms with Crippen LogP contribution < -0.4 is 16.7 Å². The molecule has 230 valence electrons. The van der Waals surface area contributed by atoms with Crippen LogP contribution in [0.15, 0.2) is 46.2 Å². The van der Waals surface area contributed by atoms with Gasteiger partial charge < -0.3 is 4.74 Å². The van der Waals surface area contributed by atoms with E-state index in [2.05, 4.69) is 10.2 Å². The Labute approximate surface area is 252 Å². The monoisotopic (exact) mass is 610 g/mol. The Balaban J connectivity index is 1.98.